The Morgan fingerprint density at radius 1 is 1.00 bits per heavy atom. The number of hydrogen-bond acceptors (Lipinski definition) is 3. The number of nitrogens with zero attached hydrogens (tertiary/aromatic N) is 1. The first-order valence-corrected chi connectivity index (χ1v) is 7.96. The van der Waals surface area contributed by atoms with E-state index in [0.29, 0.717) is 0 Å². The van der Waals surface area contributed by atoms with Gasteiger partial charge in [-0.1, -0.05) is 30.3 Å². The fraction of sp³-hybridized carbons (Fsp3) is 0.316. The van der Waals surface area contributed by atoms with Crippen molar-refractivity contribution < 1.29 is 9.47 Å². The molecule has 0 bridgehead atoms. The van der Waals surface area contributed by atoms with Gasteiger partial charge in [0.25, 0.3) is 0 Å². The zero-order valence-electron chi connectivity index (χ0n) is 14.5. The lowest BCUT2D eigenvalue weighted by atomic mass is 10.1. The first-order valence-electron chi connectivity index (χ1n) is 7.96. The van der Waals surface area contributed by atoms with Crippen molar-refractivity contribution in [2.75, 3.05) is 27.8 Å². The number of guanidine groups is 1. The van der Waals surface area contributed by atoms with Gasteiger partial charge in [0.15, 0.2) is 5.96 Å². The van der Waals surface area contributed by atoms with Gasteiger partial charge in [0.2, 0.25) is 0 Å². The lowest BCUT2D eigenvalue weighted by Crippen LogP contribution is -2.37. The molecular formula is C19H25N3O2. The largest absolute Gasteiger partial charge is 0.497 e. The van der Waals surface area contributed by atoms with Gasteiger partial charge >= 0.3 is 0 Å². The number of rotatable bonds is 7. The van der Waals surface area contributed by atoms with E-state index in [2.05, 4.69) is 27.8 Å². The van der Waals surface area contributed by atoms with Crippen LogP contribution in [0.1, 0.15) is 11.1 Å². The van der Waals surface area contributed by atoms with Crippen LogP contribution >= 0.6 is 0 Å². The minimum absolute atomic E-state index is 0.739. The number of hydrogen-bond donors (Lipinski definition) is 2. The van der Waals surface area contributed by atoms with Crippen LogP contribution in [0.5, 0.6) is 11.5 Å². The maximum absolute atomic E-state index is 5.40. The average molecular weight is 327 g/mol. The van der Waals surface area contributed by atoms with Crippen LogP contribution in [-0.2, 0) is 13.0 Å². The van der Waals surface area contributed by atoms with E-state index in [1.54, 1.807) is 21.3 Å². The molecule has 0 radical (unpaired) electrons. The van der Waals surface area contributed by atoms with Crippen molar-refractivity contribution in [3.8, 4) is 11.5 Å². The summed E-state index contributed by atoms with van der Waals surface area (Å²) in [6.07, 6.45) is 0.812. The molecule has 0 spiro atoms. The van der Waals surface area contributed by atoms with E-state index in [4.69, 9.17) is 9.47 Å². The number of nitrogens with one attached hydrogen (secondary N) is 2. The van der Waals surface area contributed by atoms with Crippen LogP contribution in [0, 0.1) is 0 Å². The molecule has 2 aromatic carbocycles. The average Bonchev–Trinajstić information content (AvgIpc) is 2.65. The van der Waals surface area contributed by atoms with Gasteiger partial charge in [-0.05, 0) is 35.7 Å². The molecule has 0 amide bonds. The van der Waals surface area contributed by atoms with E-state index in [9.17, 15) is 0 Å². The molecule has 2 rings (SSSR count). The van der Waals surface area contributed by atoms with Crippen molar-refractivity contribution in [1.82, 2.24) is 10.6 Å². The number of aliphatic imine (C=N–C) groups is 1. The van der Waals surface area contributed by atoms with Gasteiger partial charge in [-0.15, -0.1) is 0 Å². The Morgan fingerprint density at radius 3 is 2.46 bits per heavy atom. The third-order valence-corrected chi connectivity index (χ3v) is 3.70. The highest BCUT2D eigenvalue weighted by atomic mass is 16.5. The second-order valence-electron chi connectivity index (χ2n) is 5.27. The van der Waals surface area contributed by atoms with Crippen LogP contribution in [-0.4, -0.2) is 33.8 Å². The van der Waals surface area contributed by atoms with Crippen molar-refractivity contribution >= 4 is 5.96 Å². The fourth-order valence-electron chi connectivity index (χ4n) is 2.40. The SMILES string of the molecule is CN=C(NCCc1cc(OC)ccc1OC)NCc1ccccc1. The van der Waals surface area contributed by atoms with E-state index >= 15 is 0 Å². The molecule has 0 saturated carbocycles. The normalized spacial score (nSPS) is 11.0. The zero-order chi connectivity index (χ0) is 17.2. The van der Waals surface area contributed by atoms with Gasteiger partial charge in [-0.3, -0.25) is 4.99 Å². The second kappa shape index (κ2) is 9.45. The van der Waals surface area contributed by atoms with Crippen LogP contribution in [0.4, 0.5) is 0 Å². The summed E-state index contributed by atoms with van der Waals surface area (Å²) in [6, 6.07) is 16.1. The molecule has 5 heteroatoms. The van der Waals surface area contributed by atoms with E-state index in [1.807, 2.05) is 36.4 Å². The molecule has 0 heterocycles. The Labute approximate surface area is 143 Å². The molecule has 2 aromatic rings. The summed E-state index contributed by atoms with van der Waals surface area (Å²) in [5.41, 5.74) is 2.32. The van der Waals surface area contributed by atoms with Crippen molar-refractivity contribution in [2.24, 2.45) is 4.99 Å². The van der Waals surface area contributed by atoms with Gasteiger partial charge in [0.1, 0.15) is 11.5 Å². The molecule has 5 nitrogen and oxygen atoms in total. The van der Waals surface area contributed by atoms with Crippen molar-refractivity contribution in [1.29, 1.82) is 0 Å². The van der Waals surface area contributed by atoms with Gasteiger partial charge in [-0.25, -0.2) is 0 Å². The van der Waals surface area contributed by atoms with Crippen molar-refractivity contribution in [3.05, 3.63) is 59.7 Å². The Balaban J connectivity index is 1.85. The monoisotopic (exact) mass is 327 g/mol. The molecule has 0 aliphatic heterocycles. The molecular weight excluding hydrogens is 302 g/mol. The highest BCUT2D eigenvalue weighted by molar-refractivity contribution is 5.79. The Morgan fingerprint density at radius 2 is 1.79 bits per heavy atom. The predicted octanol–water partition coefficient (Wildman–Crippen LogP) is 2.61. The first kappa shape index (κ1) is 17.7. The van der Waals surface area contributed by atoms with E-state index in [-0.39, 0.29) is 0 Å². The van der Waals surface area contributed by atoms with Crippen LogP contribution in [0.25, 0.3) is 0 Å². The van der Waals surface area contributed by atoms with E-state index in [0.717, 1.165) is 42.5 Å². The molecule has 0 aliphatic rings. The quantitative estimate of drug-likeness (QED) is 0.606. The molecule has 128 valence electrons. The molecule has 24 heavy (non-hydrogen) atoms. The summed E-state index contributed by atoms with van der Waals surface area (Å²) in [6.45, 7) is 1.49. The van der Waals surface area contributed by atoms with Crippen LogP contribution < -0.4 is 20.1 Å². The Hall–Kier alpha value is -2.69. The van der Waals surface area contributed by atoms with Crippen LogP contribution in [0.2, 0.25) is 0 Å². The molecule has 2 N–H and O–H groups in total. The van der Waals surface area contributed by atoms with Gasteiger partial charge in [-0.2, -0.15) is 0 Å². The zero-order valence-corrected chi connectivity index (χ0v) is 14.5. The molecule has 0 fully saturated rings. The summed E-state index contributed by atoms with van der Waals surface area (Å²) >= 11 is 0. The third kappa shape index (κ3) is 5.19. The number of methoxy groups -OCH3 is 2. The minimum atomic E-state index is 0.739. The van der Waals surface area contributed by atoms with Gasteiger partial charge in [0, 0.05) is 20.1 Å². The Bertz CT molecular complexity index is 657. The fourth-order valence-corrected chi connectivity index (χ4v) is 2.40. The standard InChI is InChI=1S/C19H25N3O2/c1-20-19(22-14-15-7-5-4-6-8-15)21-12-11-16-13-17(23-2)9-10-18(16)24-3/h4-10,13H,11-12,14H2,1-3H3,(H2,20,21,22). The van der Waals surface area contributed by atoms with Gasteiger partial charge < -0.3 is 20.1 Å². The highest BCUT2D eigenvalue weighted by Gasteiger charge is 2.05. The maximum atomic E-state index is 5.40. The number of benzene rings is 2. The molecule has 0 saturated heterocycles. The van der Waals surface area contributed by atoms with Crippen LogP contribution in [0.15, 0.2) is 53.5 Å². The summed E-state index contributed by atoms with van der Waals surface area (Å²) in [4.78, 5) is 4.25. The first-order chi connectivity index (χ1) is 11.8. The molecule has 0 aliphatic carbocycles. The summed E-state index contributed by atoms with van der Waals surface area (Å²) in [7, 11) is 5.12. The summed E-state index contributed by atoms with van der Waals surface area (Å²) < 4.78 is 10.7. The molecule has 0 unspecified atom stereocenters. The predicted molar refractivity (Wildman–Crippen MR) is 97.9 cm³/mol. The minimum Gasteiger partial charge on any atom is -0.497 e. The Kier molecular flexibility index (Phi) is 6.95. The highest BCUT2D eigenvalue weighted by Crippen LogP contribution is 2.24. The third-order valence-electron chi connectivity index (χ3n) is 3.70. The smallest absolute Gasteiger partial charge is 0.191 e. The lowest BCUT2D eigenvalue weighted by Gasteiger charge is -2.14. The summed E-state index contributed by atoms with van der Waals surface area (Å²) in [5, 5.41) is 6.63. The second-order valence-corrected chi connectivity index (χ2v) is 5.27. The van der Waals surface area contributed by atoms with Gasteiger partial charge in [0.05, 0.1) is 14.2 Å². The number of ether oxygens (including phenoxy) is 2. The lowest BCUT2D eigenvalue weighted by molar-refractivity contribution is 0.398. The maximum Gasteiger partial charge on any atom is 0.191 e. The van der Waals surface area contributed by atoms with Crippen molar-refractivity contribution in [3.63, 3.8) is 0 Å². The molecule has 0 atom stereocenters. The van der Waals surface area contributed by atoms with Crippen LogP contribution in [0.3, 0.4) is 0 Å². The van der Waals surface area contributed by atoms with E-state index < -0.39 is 0 Å². The summed E-state index contributed by atoms with van der Waals surface area (Å²) in [5.74, 6) is 2.47. The molecule has 0 aromatic heterocycles. The van der Waals surface area contributed by atoms with Crippen molar-refractivity contribution in [2.45, 2.75) is 13.0 Å². The topological polar surface area (TPSA) is 54.9 Å². The van der Waals surface area contributed by atoms with E-state index in [1.165, 1.54) is 5.56 Å².